The summed E-state index contributed by atoms with van der Waals surface area (Å²) in [7, 11) is 0. The van der Waals surface area contributed by atoms with Gasteiger partial charge in [-0.05, 0) is 23.4 Å². The van der Waals surface area contributed by atoms with Crippen LogP contribution in [0.3, 0.4) is 0 Å². The van der Waals surface area contributed by atoms with Gasteiger partial charge in [0.05, 0.1) is 0 Å². The number of halogens is 1. The molecule has 6 nitrogen and oxygen atoms in total. The number of amides is 1. The Morgan fingerprint density at radius 3 is 3.00 bits per heavy atom. The average molecular weight is 250 g/mol. The molecular weight excluding hydrogens is 242 g/mol. The van der Waals surface area contributed by atoms with Crippen LogP contribution in [-0.4, -0.2) is 26.1 Å². The van der Waals surface area contributed by atoms with Crippen molar-refractivity contribution in [3.05, 3.63) is 41.4 Å². The highest BCUT2D eigenvalue weighted by molar-refractivity contribution is 6.31. The Bertz CT molecular complexity index is 565. The third-order valence-electron chi connectivity index (χ3n) is 1.90. The molecule has 2 aromatic rings. The van der Waals surface area contributed by atoms with Crippen LogP contribution in [0.4, 0.5) is 5.95 Å². The van der Waals surface area contributed by atoms with E-state index in [9.17, 15) is 4.79 Å². The van der Waals surface area contributed by atoms with E-state index in [0.29, 0.717) is 10.6 Å². The lowest BCUT2D eigenvalue weighted by Gasteiger charge is -2.00. The lowest BCUT2D eigenvalue weighted by molar-refractivity contribution is 0.102. The molecule has 1 N–H and O–H groups in total. The van der Waals surface area contributed by atoms with Crippen molar-refractivity contribution < 1.29 is 4.79 Å². The van der Waals surface area contributed by atoms with Gasteiger partial charge in [-0.15, -0.1) is 9.90 Å². The third kappa shape index (κ3) is 2.67. The molecule has 0 atom stereocenters. The van der Waals surface area contributed by atoms with Gasteiger partial charge in [0.15, 0.2) is 0 Å². The number of aromatic nitrogens is 4. The molecule has 1 aromatic heterocycles. The highest BCUT2D eigenvalue weighted by atomic mass is 35.5. The maximum absolute atomic E-state index is 11.8. The molecule has 1 amide bonds. The van der Waals surface area contributed by atoms with Crippen LogP contribution in [-0.2, 0) is 0 Å². The van der Waals surface area contributed by atoms with Gasteiger partial charge in [0, 0.05) is 16.8 Å². The van der Waals surface area contributed by atoms with E-state index >= 15 is 0 Å². The third-order valence-corrected chi connectivity index (χ3v) is 2.14. The molecule has 7 heteroatoms. The first-order valence-electron chi connectivity index (χ1n) is 4.68. The maximum Gasteiger partial charge on any atom is 0.270 e. The molecule has 0 radical (unpaired) electrons. The van der Waals surface area contributed by atoms with Gasteiger partial charge < -0.3 is 0 Å². The van der Waals surface area contributed by atoms with Crippen LogP contribution in [0.25, 0.3) is 6.20 Å². The van der Waals surface area contributed by atoms with Crippen molar-refractivity contribution in [3.63, 3.8) is 0 Å². The number of carbonyl (C=O) groups excluding carboxylic acids is 1. The minimum Gasteiger partial charge on any atom is -0.288 e. The van der Waals surface area contributed by atoms with Gasteiger partial charge >= 0.3 is 0 Å². The topological polar surface area (TPSA) is 72.7 Å². The van der Waals surface area contributed by atoms with Crippen molar-refractivity contribution in [2.24, 2.45) is 0 Å². The SMILES string of the molecule is C=Cn1nnc(NC(=O)c2cccc(Cl)c2)n1. The van der Waals surface area contributed by atoms with Crippen molar-refractivity contribution in [3.8, 4) is 0 Å². The number of hydrogen-bond acceptors (Lipinski definition) is 4. The normalized spacial score (nSPS) is 9.94. The van der Waals surface area contributed by atoms with E-state index in [2.05, 4.69) is 27.3 Å². The Hall–Kier alpha value is -2.21. The van der Waals surface area contributed by atoms with Gasteiger partial charge in [-0.2, -0.15) is 0 Å². The second-order valence-corrected chi connectivity index (χ2v) is 3.52. The van der Waals surface area contributed by atoms with E-state index < -0.39 is 0 Å². The predicted octanol–water partition coefficient (Wildman–Crippen LogP) is 1.68. The number of tetrazole rings is 1. The molecule has 0 fully saturated rings. The summed E-state index contributed by atoms with van der Waals surface area (Å²) in [5.41, 5.74) is 0.424. The number of hydrogen-bond donors (Lipinski definition) is 1. The summed E-state index contributed by atoms with van der Waals surface area (Å²) in [5, 5.41) is 14.0. The number of carbonyl (C=O) groups is 1. The summed E-state index contributed by atoms with van der Waals surface area (Å²) in [6.07, 6.45) is 1.36. The molecule has 0 aliphatic carbocycles. The van der Waals surface area contributed by atoms with Crippen LogP contribution in [0.15, 0.2) is 30.8 Å². The van der Waals surface area contributed by atoms with Crippen molar-refractivity contribution in [1.29, 1.82) is 0 Å². The Kier molecular flexibility index (Phi) is 3.15. The van der Waals surface area contributed by atoms with Crippen molar-refractivity contribution in [1.82, 2.24) is 20.2 Å². The second-order valence-electron chi connectivity index (χ2n) is 3.08. The van der Waals surface area contributed by atoms with Crippen molar-refractivity contribution >= 4 is 29.7 Å². The lowest BCUT2D eigenvalue weighted by Crippen LogP contribution is -2.13. The molecule has 0 aliphatic rings. The van der Waals surface area contributed by atoms with Crippen LogP contribution >= 0.6 is 11.6 Å². The molecule has 1 heterocycles. The Morgan fingerprint density at radius 2 is 2.35 bits per heavy atom. The molecule has 0 bridgehead atoms. The zero-order chi connectivity index (χ0) is 12.3. The van der Waals surface area contributed by atoms with Gasteiger partial charge in [0.1, 0.15) is 0 Å². The Labute approximate surface area is 102 Å². The Morgan fingerprint density at radius 1 is 1.53 bits per heavy atom. The second kappa shape index (κ2) is 4.75. The molecule has 0 saturated carbocycles. The van der Waals surface area contributed by atoms with Crippen LogP contribution < -0.4 is 5.32 Å². The summed E-state index contributed by atoms with van der Waals surface area (Å²) in [6, 6.07) is 6.56. The van der Waals surface area contributed by atoms with E-state index in [1.54, 1.807) is 24.3 Å². The molecule has 0 spiro atoms. The zero-order valence-corrected chi connectivity index (χ0v) is 9.42. The first-order chi connectivity index (χ1) is 8.19. The van der Waals surface area contributed by atoms with Crippen LogP contribution in [0, 0.1) is 0 Å². The van der Waals surface area contributed by atoms with Crippen molar-refractivity contribution in [2.45, 2.75) is 0 Å². The Balaban J connectivity index is 2.14. The number of nitrogens with one attached hydrogen (secondary N) is 1. The summed E-state index contributed by atoms with van der Waals surface area (Å²) in [4.78, 5) is 12.9. The molecule has 0 aliphatic heterocycles. The highest BCUT2D eigenvalue weighted by Gasteiger charge is 2.09. The summed E-state index contributed by atoms with van der Waals surface area (Å²) in [6.45, 7) is 3.46. The number of nitrogens with zero attached hydrogens (tertiary/aromatic N) is 4. The molecule has 17 heavy (non-hydrogen) atoms. The zero-order valence-electron chi connectivity index (χ0n) is 8.67. The molecule has 0 saturated heterocycles. The fraction of sp³-hybridized carbons (Fsp3) is 0. The van der Waals surface area contributed by atoms with E-state index in [1.807, 2.05) is 0 Å². The van der Waals surface area contributed by atoms with Gasteiger partial charge in [-0.3, -0.25) is 10.1 Å². The number of benzene rings is 1. The van der Waals surface area contributed by atoms with Crippen molar-refractivity contribution in [2.75, 3.05) is 5.32 Å². The van der Waals surface area contributed by atoms with E-state index in [0.717, 1.165) is 4.80 Å². The minimum atomic E-state index is -0.351. The predicted molar refractivity (Wildman–Crippen MR) is 63.6 cm³/mol. The van der Waals surface area contributed by atoms with Gasteiger partial charge in [-0.25, -0.2) is 0 Å². The number of anilines is 1. The fourth-order valence-electron chi connectivity index (χ4n) is 1.16. The quantitative estimate of drug-likeness (QED) is 0.898. The lowest BCUT2D eigenvalue weighted by atomic mass is 10.2. The van der Waals surface area contributed by atoms with Crippen LogP contribution in [0.5, 0.6) is 0 Å². The van der Waals surface area contributed by atoms with Crippen LogP contribution in [0.1, 0.15) is 10.4 Å². The first kappa shape index (κ1) is 11.3. The summed E-state index contributed by atoms with van der Waals surface area (Å²) >= 11 is 5.78. The molecule has 0 unspecified atom stereocenters. The first-order valence-corrected chi connectivity index (χ1v) is 5.06. The smallest absolute Gasteiger partial charge is 0.270 e. The molecule has 86 valence electrons. The highest BCUT2D eigenvalue weighted by Crippen LogP contribution is 2.11. The van der Waals surface area contributed by atoms with Gasteiger partial charge in [0.2, 0.25) is 0 Å². The molecule has 2 rings (SSSR count). The van der Waals surface area contributed by atoms with E-state index in [4.69, 9.17) is 11.6 Å². The van der Waals surface area contributed by atoms with Gasteiger partial charge in [-0.1, -0.05) is 29.3 Å². The van der Waals surface area contributed by atoms with E-state index in [1.165, 1.54) is 6.20 Å². The minimum absolute atomic E-state index is 0.106. The average Bonchev–Trinajstić information content (AvgIpc) is 2.77. The largest absolute Gasteiger partial charge is 0.288 e. The fourth-order valence-corrected chi connectivity index (χ4v) is 1.35. The standard InChI is InChI=1S/C10H8ClN5O/c1-2-16-14-10(13-15-16)12-9(17)7-4-3-5-8(11)6-7/h2-6H,1H2,(H,12,14,17). The number of rotatable bonds is 3. The molecular formula is C10H8ClN5O. The maximum atomic E-state index is 11.8. The summed E-state index contributed by atoms with van der Waals surface area (Å²) in [5.74, 6) is -0.244. The van der Waals surface area contributed by atoms with Crippen LogP contribution in [0.2, 0.25) is 5.02 Å². The molecule has 1 aromatic carbocycles. The summed E-state index contributed by atoms with van der Waals surface area (Å²) < 4.78 is 0. The van der Waals surface area contributed by atoms with Gasteiger partial charge in [0.25, 0.3) is 11.9 Å². The monoisotopic (exact) mass is 249 g/mol. The van der Waals surface area contributed by atoms with E-state index in [-0.39, 0.29) is 11.9 Å².